The second kappa shape index (κ2) is 7.57. The number of sulfonamides is 1. The van der Waals surface area contributed by atoms with Gasteiger partial charge in [-0.25, -0.2) is 13.1 Å². The zero-order valence-corrected chi connectivity index (χ0v) is 12.2. The average Bonchev–Trinajstić information content (AvgIpc) is 2.37. The molecule has 6 heteroatoms. The molecule has 0 amide bonds. The number of aryl methyl sites for hydroxylation is 1. The molecule has 0 aliphatic carbocycles. The van der Waals surface area contributed by atoms with E-state index in [-0.39, 0.29) is 24.3 Å². The second-order valence-corrected chi connectivity index (χ2v) is 6.74. The van der Waals surface area contributed by atoms with Gasteiger partial charge in [0.25, 0.3) is 0 Å². The van der Waals surface area contributed by atoms with Gasteiger partial charge in [0.05, 0.1) is 5.75 Å². The summed E-state index contributed by atoms with van der Waals surface area (Å²) in [6.45, 7) is 3.84. The first kappa shape index (κ1) is 16.1. The van der Waals surface area contributed by atoms with Crippen LogP contribution in [0.25, 0.3) is 0 Å². The van der Waals surface area contributed by atoms with Gasteiger partial charge >= 0.3 is 0 Å². The number of nitrogens with zero attached hydrogens (tertiary/aromatic N) is 1. The highest BCUT2D eigenvalue weighted by Crippen LogP contribution is 2.08. The van der Waals surface area contributed by atoms with Gasteiger partial charge in [0.1, 0.15) is 0 Å². The summed E-state index contributed by atoms with van der Waals surface area (Å²) < 4.78 is 26.6. The molecule has 1 aromatic rings. The average molecular weight is 286 g/mol. The number of aromatic nitrogens is 1. The Morgan fingerprint density at radius 1 is 1.37 bits per heavy atom. The normalized spacial score (nSPS) is 13.7. The van der Waals surface area contributed by atoms with E-state index < -0.39 is 10.0 Å². The molecule has 1 aromatic heterocycles. The van der Waals surface area contributed by atoms with Gasteiger partial charge in [0.15, 0.2) is 0 Å². The fourth-order valence-electron chi connectivity index (χ4n) is 1.74. The Morgan fingerprint density at radius 2 is 2.11 bits per heavy atom. The van der Waals surface area contributed by atoms with Crippen molar-refractivity contribution in [1.82, 2.24) is 9.71 Å². The molecule has 0 spiro atoms. The Labute approximate surface area is 115 Å². The van der Waals surface area contributed by atoms with Crippen LogP contribution >= 0.6 is 0 Å². The predicted molar refractivity (Wildman–Crippen MR) is 75.2 cm³/mol. The summed E-state index contributed by atoms with van der Waals surface area (Å²) in [5.74, 6) is 0.162. The van der Waals surface area contributed by atoms with Crippen molar-refractivity contribution in [3.63, 3.8) is 0 Å². The van der Waals surface area contributed by atoms with Crippen molar-refractivity contribution < 1.29 is 13.5 Å². The molecule has 2 N–H and O–H groups in total. The molecule has 0 bridgehead atoms. The van der Waals surface area contributed by atoms with Crippen LogP contribution in [0.15, 0.2) is 24.4 Å². The maximum atomic E-state index is 12.0. The largest absolute Gasteiger partial charge is 0.396 e. The summed E-state index contributed by atoms with van der Waals surface area (Å²) in [6.07, 6.45) is 2.47. The lowest BCUT2D eigenvalue weighted by atomic mass is 10.0. The van der Waals surface area contributed by atoms with Crippen LogP contribution in [0, 0.1) is 5.92 Å². The van der Waals surface area contributed by atoms with Gasteiger partial charge in [-0.2, -0.15) is 0 Å². The van der Waals surface area contributed by atoms with Crippen molar-refractivity contribution in [1.29, 1.82) is 0 Å². The van der Waals surface area contributed by atoms with E-state index in [0.717, 1.165) is 5.69 Å². The molecule has 1 heterocycles. The smallest absolute Gasteiger partial charge is 0.212 e. The van der Waals surface area contributed by atoms with E-state index in [1.165, 1.54) is 0 Å². The maximum absolute atomic E-state index is 12.0. The van der Waals surface area contributed by atoms with Gasteiger partial charge in [0, 0.05) is 31.0 Å². The molecule has 0 aromatic carbocycles. The molecule has 1 rings (SSSR count). The van der Waals surface area contributed by atoms with Crippen LogP contribution in [0.2, 0.25) is 0 Å². The third kappa shape index (κ3) is 6.13. The van der Waals surface area contributed by atoms with Crippen molar-refractivity contribution >= 4 is 10.0 Å². The van der Waals surface area contributed by atoms with E-state index >= 15 is 0 Å². The minimum absolute atomic E-state index is 0.0126. The lowest BCUT2D eigenvalue weighted by molar-refractivity contribution is 0.256. The minimum atomic E-state index is -3.35. The van der Waals surface area contributed by atoms with Crippen LogP contribution in [0.1, 0.15) is 26.0 Å². The summed E-state index contributed by atoms with van der Waals surface area (Å²) in [5, 5.41) is 8.95. The summed E-state index contributed by atoms with van der Waals surface area (Å²) in [4.78, 5) is 4.10. The fourth-order valence-corrected chi connectivity index (χ4v) is 3.19. The van der Waals surface area contributed by atoms with Crippen molar-refractivity contribution in [2.24, 2.45) is 5.92 Å². The standard InChI is InChI=1S/C13H22N2O3S/c1-11(2)13(6-9-16)15-19(17,18)10-7-12-5-3-4-8-14-12/h3-5,8,11,13,15-16H,6-7,9-10H2,1-2H3. The Hall–Kier alpha value is -0.980. The number of hydrogen-bond donors (Lipinski definition) is 2. The van der Waals surface area contributed by atoms with E-state index in [9.17, 15) is 8.42 Å². The molecule has 5 nitrogen and oxygen atoms in total. The van der Waals surface area contributed by atoms with E-state index in [1.54, 1.807) is 12.3 Å². The zero-order valence-electron chi connectivity index (χ0n) is 11.4. The molecule has 0 fully saturated rings. The van der Waals surface area contributed by atoms with Crippen molar-refractivity contribution in [2.45, 2.75) is 32.7 Å². The molecule has 0 radical (unpaired) electrons. The molecule has 0 saturated carbocycles. The van der Waals surface area contributed by atoms with Gasteiger partial charge in [-0.3, -0.25) is 4.98 Å². The Balaban J connectivity index is 2.56. The van der Waals surface area contributed by atoms with Crippen molar-refractivity contribution in [3.8, 4) is 0 Å². The van der Waals surface area contributed by atoms with Crippen LogP contribution in [0.4, 0.5) is 0 Å². The van der Waals surface area contributed by atoms with Gasteiger partial charge in [-0.05, 0) is 24.5 Å². The Bertz CT molecular complexity index is 460. The predicted octanol–water partition coefficient (Wildman–Crippen LogP) is 0.950. The van der Waals surface area contributed by atoms with Gasteiger partial charge in [-0.15, -0.1) is 0 Å². The van der Waals surface area contributed by atoms with E-state index in [1.807, 2.05) is 26.0 Å². The quantitative estimate of drug-likeness (QED) is 0.746. The highest BCUT2D eigenvalue weighted by Gasteiger charge is 2.20. The first-order valence-corrected chi connectivity index (χ1v) is 8.10. The van der Waals surface area contributed by atoms with E-state index in [0.29, 0.717) is 12.8 Å². The number of aliphatic hydroxyl groups excluding tert-OH is 1. The first-order valence-electron chi connectivity index (χ1n) is 6.45. The third-order valence-corrected chi connectivity index (χ3v) is 4.33. The van der Waals surface area contributed by atoms with Crippen LogP contribution in [-0.2, 0) is 16.4 Å². The number of rotatable bonds is 8. The number of nitrogens with one attached hydrogen (secondary N) is 1. The molecule has 0 aliphatic heterocycles. The summed E-state index contributed by atoms with van der Waals surface area (Å²) in [5.41, 5.74) is 0.760. The van der Waals surface area contributed by atoms with Crippen LogP contribution in [0.3, 0.4) is 0 Å². The van der Waals surface area contributed by atoms with E-state index in [2.05, 4.69) is 9.71 Å². The highest BCUT2D eigenvalue weighted by molar-refractivity contribution is 7.89. The Kier molecular flexibility index (Phi) is 6.41. The van der Waals surface area contributed by atoms with Gasteiger partial charge in [-0.1, -0.05) is 19.9 Å². The lowest BCUT2D eigenvalue weighted by Gasteiger charge is -2.21. The maximum Gasteiger partial charge on any atom is 0.212 e. The van der Waals surface area contributed by atoms with Gasteiger partial charge in [0.2, 0.25) is 10.0 Å². The lowest BCUT2D eigenvalue weighted by Crippen LogP contribution is -2.40. The minimum Gasteiger partial charge on any atom is -0.396 e. The highest BCUT2D eigenvalue weighted by atomic mass is 32.2. The number of hydrogen-bond acceptors (Lipinski definition) is 4. The molecular formula is C13H22N2O3S. The first-order chi connectivity index (χ1) is 8.94. The second-order valence-electron chi connectivity index (χ2n) is 4.87. The molecule has 1 unspecified atom stereocenters. The monoisotopic (exact) mass is 286 g/mol. The van der Waals surface area contributed by atoms with Crippen LogP contribution < -0.4 is 4.72 Å². The molecule has 1 atom stereocenters. The van der Waals surface area contributed by atoms with Crippen molar-refractivity contribution in [2.75, 3.05) is 12.4 Å². The van der Waals surface area contributed by atoms with Gasteiger partial charge < -0.3 is 5.11 Å². The number of pyridine rings is 1. The summed E-state index contributed by atoms with van der Waals surface area (Å²) in [7, 11) is -3.35. The SMILES string of the molecule is CC(C)C(CCO)NS(=O)(=O)CCc1ccccn1. The van der Waals surface area contributed by atoms with Crippen LogP contribution in [-0.4, -0.2) is 36.9 Å². The number of aliphatic hydroxyl groups is 1. The zero-order chi connectivity index (χ0) is 14.3. The van der Waals surface area contributed by atoms with E-state index in [4.69, 9.17) is 5.11 Å². The Morgan fingerprint density at radius 3 is 2.63 bits per heavy atom. The molecule has 108 valence electrons. The summed E-state index contributed by atoms with van der Waals surface area (Å²) in [6, 6.07) is 5.22. The molecule has 0 saturated heterocycles. The molecular weight excluding hydrogens is 264 g/mol. The topological polar surface area (TPSA) is 79.3 Å². The fraction of sp³-hybridized carbons (Fsp3) is 0.615. The summed E-state index contributed by atoms with van der Waals surface area (Å²) >= 11 is 0. The molecule has 0 aliphatic rings. The van der Waals surface area contributed by atoms with Crippen molar-refractivity contribution in [3.05, 3.63) is 30.1 Å². The van der Waals surface area contributed by atoms with Crippen LogP contribution in [0.5, 0.6) is 0 Å². The third-order valence-electron chi connectivity index (χ3n) is 2.93. The molecule has 19 heavy (non-hydrogen) atoms.